The smallest absolute Gasteiger partial charge is 0.253 e. The molecule has 1 fully saturated rings. The van der Waals surface area contributed by atoms with Gasteiger partial charge in [0.1, 0.15) is 12.4 Å². The van der Waals surface area contributed by atoms with Gasteiger partial charge in [-0.1, -0.05) is 6.58 Å². The first kappa shape index (κ1) is 18.0. The quantitative estimate of drug-likeness (QED) is 0.781. The van der Waals surface area contributed by atoms with Crippen LogP contribution < -0.4 is 10.5 Å². The second kappa shape index (κ2) is 8.52. The zero-order valence-electron chi connectivity index (χ0n) is 14.3. The molecule has 1 atom stereocenters. The predicted octanol–water partition coefficient (Wildman–Crippen LogP) is 2.76. The van der Waals surface area contributed by atoms with Crippen molar-refractivity contribution < 1.29 is 14.3 Å². The summed E-state index contributed by atoms with van der Waals surface area (Å²) in [7, 11) is 0. The highest BCUT2D eigenvalue weighted by molar-refractivity contribution is 5.94. The molecule has 0 saturated carbocycles. The Hall–Kier alpha value is -2.30. The van der Waals surface area contributed by atoms with Gasteiger partial charge in [0.2, 0.25) is 5.91 Å². The highest BCUT2D eigenvalue weighted by atomic mass is 16.5. The number of hydrogen-bond donors (Lipinski definition) is 1. The number of hydrogen-bond acceptors (Lipinski definition) is 3. The largest absolute Gasteiger partial charge is 0.489 e. The van der Waals surface area contributed by atoms with Gasteiger partial charge in [0.25, 0.3) is 5.91 Å². The standard InChI is InChI=1S/C19H26N2O3/c1-14(2)13-24-17-8-6-16(7-9-17)19(23)21-11-3-4-15(12-21)5-10-18(20)22/h6-9,15H,1,3-5,10-13H2,2H3,(H2,20,22). The Bertz CT molecular complexity index is 595. The van der Waals surface area contributed by atoms with E-state index in [2.05, 4.69) is 6.58 Å². The lowest BCUT2D eigenvalue weighted by atomic mass is 9.93. The molecule has 24 heavy (non-hydrogen) atoms. The molecule has 0 spiro atoms. The molecule has 5 nitrogen and oxygen atoms in total. The Balaban J connectivity index is 1.92. The molecule has 1 aliphatic heterocycles. The van der Waals surface area contributed by atoms with Crippen LogP contribution in [0.3, 0.4) is 0 Å². The molecule has 130 valence electrons. The van der Waals surface area contributed by atoms with Gasteiger partial charge in [-0.25, -0.2) is 0 Å². The van der Waals surface area contributed by atoms with Crippen molar-refractivity contribution in [3.05, 3.63) is 42.0 Å². The van der Waals surface area contributed by atoms with Crippen molar-refractivity contribution in [3.8, 4) is 5.75 Å². The van der Waals surface area contributed by atoms with Gasteiger partial charge in [-0.2, -0.15) is 0 Å². The predicted molar refractivity (Wildman–Crippen MR) is 93.8 cm³/mol. The van der Waals surface area contributed by atoms with Gasteiger partial charge in [0.05, 0.1) is 0 Å². The highest BCUT2D eigenvalue weighted by Crippen LogP contribution is 2.23. The molecule has 1 aromatic carbocycles. The topological polar surface area (TPSA) is 72.6 Å². The molecule has 1 aliphatic rings. The fourth-order valence-electron chi connectivity index (χ4n) is 2.91. The summed E-state index contributed by atoms with van der Waals surface area (Å²) >= 11 is 0. The molecule has 1 aromatic rings. The monoisotopic (exact) mass is 330 g/mol. The van der Waals surface area contributed by atoms with E-state index in [1.807, 2.05) is 24.0 Å². The Morgan fingerprint density at radius 3 is 2.67 bits per heavy atom. The minimum absolute atomic E-state index is 0.0326. The first-order valence-corrected chi connectivity index (χ1v) is 8.40. The van der Waals surface area contributed by atoms with Crippen molar-refractivity contribution in [2.45, 2.75) is 32.6 Å². The van der Waals surface area contributed by atoms with E-state index in [1.54, 1.807) is 12.1 Å². The average molecular weight is 330 g/mol. The van der Waals surface area contributed by atoms with E-state index in [0.717, 1.165) is 37.1 Å². The number of carbonyl (C=O) groups excluding carboxylic acids is 2. The van der Waals surface area contributed by atoms with Crippen LogP contribution in [-0.4, -0.2) is 36.4 Å². The van der Waals surface area contributed by atoms with Crippen molar-refractivity contribution in [2.24, 2.45) is 11.7 Å². The summed E-state index contributed by atoms with van der Waals surface area (Å²) in [6.07, 6.45) is 3.16. The van der Waals surface area contributed by atoms with Crippen molar-refractivity contribution in [1.29, 1.82) is 0 Å². The van der Waals surface area contributed by atoms with Crippen molar-refractivity contribution >= 4 is 11.8 Å². The molecule has 0 radical (unpaired) electrons. The number of benzene rings is 1. The molecular formula is C19H26N2O3. The van der Waals surface area contributed by atoms with Gasteiger partial charge in [-0.05, 0) is 61.9 Å². The van der Waals surface area contributed by atoms with Crippen LogP contribution >= 0.6 is 0 Å². The number of piperidine rings is 1. The molecule has 0 bridgehead atoms. The molecule has 1 heterocycles. The fourth-order valence-corrected chi connectivity index (χ4v) is 2.91. The summed E-state index contributed by atoms with van der Waals surface area (Å²) in [6, 6.07) is 7.21. The lowest BCUT2D eigenvalue weighted by molar-refractivity contribution is -0.118. The molecule has 1 saturated heterocycles. The third-order valence-corrected chi connectivity index (χ3v) is 4.19. The molecule has 0 aromatic heterocycles. The number of ether oxygens (including phenoxy) is 1. The number of primary amides is 1. The van der Waals surface area contributed by atoms with Gasteiger partial charge in [-0.3, -0.25) is 9.59 Å². The van der Waals surface area contributed by atoms with Gasteiger partial charge in [0, 0.05) is 25.1 Å². The van der Waals surface area contributed by atoms with E-state index in [-0.39, 0.29) is 11.8 Å². The van der Waals surface area contributed by atoms with Crippen molar-refractivity contribution in [1.82, 2.24) is 4.90 Å². The minimum atomic E-state index is -0.274. The Labute approximate surface area is 143 Å². The zero-order valence-corrected chi connectivity index (χ0v) is 14.3. The number of carbonyl (C=O) groups is 2. The van der Waals surface area contributed by atoms with Crippen LogP contribution in [-0.2, 0) is 4.79 Å². The van der Waals surface area contributed by atoms with Crippen LogP contribution in [0.4, 0.5) is 0 Å². The third-order valence-electron chi connectivity index (χ3n) is 4.19. The van der Waals surface area contributed by atoms with E-state index < -0.39 is 0 Å². The SMILES string of the molecule is C=C(C)COc1ccc(C(=O)N2CCCC(CCC(N)=O)C2)cc1. The zero-order chi connectivity index (χ0) is 17.5. The molecular weight excluding hydrogens is 304 g/mol. The van der Waals surface area contributed by atoms with Gasteiger partial charge in [0.15, 0.2) is 0 Å². The molecule has 2 N–H and O–H groups in total. The maximum atomic E-state index is 12.6. The molecule has 5 heteroatoms. The average Bonchev–Trinajstić information content (AvgIpc) is 2.58. The van der Waals surface area contributed by atoms with E-state index in [4.69, 9.17) is 10.5 Å². The summed E-state index contributed by atoms with van der Waals surface area (Å²) in [4.78, 5) is 25.4. The highest BCUT2D eigenvalue weighted by Gasteiger charge is 2.24. The Morgan fingerprint density at radius 2 is 2.04 bits per heavy atom. The molecule has 1 unspecified atom stereocenters. The van der Waals surface area contributed by atoms with E-state index in [1.165, 1.54) is 0 Å². The van der Waals surface area contributed by atoms with E-state index in [0.29, 0.717) is 31.1 Å². The maximum Gasteiger partial charge on any atom is 0.253 e. The summed E-state index contributed by atoms with van der Waals surface area (Å²) in [5.41, 5.74) is 6.83. The number of nitrogens with two attached hydrogens (primary N) is 1. The number of rotatable bonds is 7. The summed E-state index contributed by atoms with van der Waals surface area (Å²) in [6.45, 7) is 7.63. The second-order valence-electron chi connectivity index (χ2n) is 6.53. The minimum Gasteiger partial charge on any atom is -0.489 e. The van der Waals surface area contributed by atoms with Crippen LogP contribution in [0, 0.1) is 5.92 Å². The normalized spacial score (nSPS) is 17.4. The van der Waals surface area contributed by atoms with Gasteiger partial charge < -0.3 is 15.4 Å². The van der Waals surface area contributed by atoms with Crippen molar-refractivity contribution in [2.75, 3.05) is 19.7 Å². The second-order valence-corrected chi connectivity index (χ2v) is 6.53. The number of amides is 2. The van der Waals surface area contributed by atoms with Gasteiger partial charge in [-0.15, -0.1) is 0 Å². The van der Waals surface area contributed by atoms with Crippen molar-refractivity contribution in [3.63, 3.8) is 0 Å². The van der Waals surface area contributed by atoms with Crippen LogP contribution in [0.2, 0.25) is 0 Å². The number of nitrogens with zero attached hydrogens (tertiary/aromatic N) is 1. The van der Waals surface area contributed by atoms with E-state index in [9.17, 15) is 9.59 Å². The summed E-state index contributed by atoms with van der Waals surface area (Å²) < 4.78 is 5.55. The maximum absolute atomic E-state index is 12.6. The number of likely N-dealkylation sites (tertiary alicyclic amines) is 1. The summed E-state index contributed by atoms with van der Waals surface area (Å²) in [5.74, 6) is 0.843. The van der Waals surface area contributed by atoms with Crippen LogP contribution in [0.1, 0.15) is 43.0 Å². The lowest BCUT2D eigenvalue weighted by Gasteiger charge is -2.32. The lowest BCUT2D eigenvalue weighted by Crippen LogP contribution is -2.40. The first-order valence-electron chi connectivity index (χ1n) is 8.40. The Morgan fingerprint density at radius 1 is 1.33 bits per heavy atom. The van der Waals surface area contributed by atoms with Crippen LogP contribution in [0.15, 0.2) is 36.4 Å². The Kier molecular flexibility index (Phi) is 6.41. The first-order chi connectivity index (χ1) is 11.5. The molecule has 2 amide bonds. The van der Waals surface area contributed by atoms with Crippen LogP contribution in [0.25, 0.3) is 0 Å². The molecule has 0 aliphatic carbocycles. The summed E-state index contributed by atoms with van der Waals surface area (Å²) in [5, 5.41) is 0. The third kappa shape index (κ3) is 5.41. The molecule has 2 rings (SSSR count). The van der Waals surface area contributed by atoms with E-state index >= 15 is 0 Å². The fraction of sp³-hybridized carbons (Fsp3) is 0.474. The van der Waals surface area contributed by atoms with Gasteiger partial charge >= 0.3 is 0 Å². The van der Waals surface area contributed by atoms with Crippen LogP contribution in [0.5, 0.6) is 5.75 Å².